The van der Waals surface area contributed by atoms with E-state index >= 15 is 0 Å². The molecule has 2 N–H and O–H groups in total. The van der Waals surface area contributed by atoms with Crippen LogP contribution in [0.25, 0.3) is 0 Å². The zero-order valence-electron chi connectivity index (χ0n) is 11.9. The molecule has 1 aliphatic heterocycles. The maximum Gasteiger partial charge on any atom is 0.0586 e. The van der Waals surface area contributed by atoms with Gasteiger partial charge in [0.25, 0.3) is 0 Å². The van der Waals surface area contributed by atoms with Crippen LogP contribution in [-0.4, -0.2) is 47.8 Å². The number of rotatable bonds is 4. The molecule has 1 unspecified atom stereocenters. The van der Waals surface area contributed by atoms with E-state index in [-0.39, 0.29) is 0 Å². The molecule has 2 rings (SSSR count). The van der Waals surface area contributed by atoms with Crippen LogP contribution in [0.2, 0.25) is 0 Å². The summed E-state index contributed by atoms with van der Waals surface area (Å²) in [5.41, 5.74) is 0. The molecule has 0 aromatic carbocycles. The largest absolute Gasteiger partial charge is 0.395 e. The van der Waals surface area contributed by atoms with Gasteiger partial charge in [0.2, 0.25) is 0 Å². The van der Waals surface area contributed by atoms with Gasteiger partial charge < -0.3 is 10.4 Å². The van der Waals surface area contributed by atoms with Crippen molar-refractivity contribution in [3.05, 3.63) is 0 Å². The summed E-state index contributed by atoms with van der Waals surface area (Å²) in [6.45, 7) is 4.86. The van der Waals surface area contributed by atoms with E-state index in [1.165, 1.54) is 57.9 Å². The molecule has 2 fully saturated rings. The standard InChI is InChI=1S/C15H30N2O/c1-2-16-13-7-9-14(10-8-13)17-11-5-3-4-6-15(17)12-18/h13-16,18H,2-12H2,1H3. The third-order valence-electron chi connectivity index (χ3n) is 4.79. The maximum absolute atomic E-state index is 9.60. The second kappa shape index (κ2) is 7.46. The summed E-state index contributed by atoms with van der Waals surface area (Å²) in [6.07, 6.45) is 10.4. The van der Waals surface area contributed by atoms with Gasteiger partial charge in [0, 0.05) is 18.1 Å². The quantitative estimate of drug-likeness (QED) is 0.807. The molecule has 1 atom stereocenters. The lowest BCUT2D eigenvalue weighted by molar-refractivity contribution is 0.0622. The first kappa shape index (κ1) is 14.3. The molecule has 0 bridgehead atoms. The Morgan fingerprint density at radius 1 is 1.06 bits per heavy atom. The van der Waals surface area contributed by atoms with Gasteiger partial charge in [-0.1, -0.05) is 19.8 Å². The minimum Gasteiger partial charge on any atom is -0.395 e. The average Bonchev–Trinajstić information content (AvgIpc) is 2.65. The number of likely N-dealkylation sites (tertiary alicyclic amines) is 1. The highest BCUT2D eigenvalue weighted by molar-refractivity contribution is 4.87. The predicted octanol–water partition coefficient (Wildman–Crippen LogP) is 2.14. The molecular formula is C15H30N2O. The van der Waals surface area contributed by atoms with Crippen LogP contribution in [0.3, 0.4) is 0 Å². The van der Waals surface area contributed by atoms with Crippen LogP contribution < -0.4 is 5.32 Å². The van der Waals surface area contributed by atoms with E-state index in [4.69, 9.17) is 0 Å². The van der Waals surface area contributed by atoms with E-state index in [9.17, 15) is 5.11 Å². The molecule has 0 spiro atoms. The van der Waals surface area contributed by atoms with E-state index in [1.54, 1.807) is 0 Å². The van der Waals surface area contributed by atoms with Crippen LogP contribution in [0.1, 0.15) is 58.3 Å². The molecule has 3 heteroatoms. The Hall–Kier alpha value is -0.120. The maximum atomic E-state index is 9.60. The summed E-state index contributed by atoms with van der Waals surface area (Å²) >= 11 is 0. The van der Waals surface area contributed by atoms with Crippen LogP contribution in [0.15, 0.2) is 0 Å². The Morgan fingerprint density at radius 3 is 2.50 bits per heavy atom. The van der Waals surface area contributed by atoms with E-state index in [1.807, 2.05) is 0 Å². The van der Waals surface area contributed by atoms with Gasteiger partial charge in [-0.05, 0) is 51.6 Å². The lowest BCUT2D eigenvalue weighted by atomic mass is 9.89. The molecule has 106 valence electrons. The molecule has 1 aliphatic carbocycles. The number of hydrogen-bond donors (Lipinski definition) is 2. The molecular weight excluding hydrogens is 224 g/mol. The van der Waals surface area contributed by atoms with Gasteiger partial charge in [-0.15, -0.1) is 0 Å². The Bertz CT molecular complexity index is 227. The molecule has 2 aliphatic rings. The van der Waals surface area contributed by atoms with Crippen LogP contribution in [-0.2, 0) is 0 Å². The molecule has 18 heavy (non-hydrogen) atoms. The van der Waals surface area contributed by atoms with Crippen molar-refractivity contribution >= 4 is 0 Å². The van der Waals surface area contributed by atoms with Crippen molar-refractivity contribution < 1.29 is 5.11 Å². The second-order valence-electron chi connectivity index (χ2n) is 5.99. The third kappa shape index (κ3) is 3.69. The highest BCUT2D eigenvalue weighted by Gasteiger charge is 2.30. The van der Waals surface area contributed by atoms with Crippen LogP contribution in [0, 0.1) is 0 Å². The number of nitrogens with one attached hydrogen (secondary N) is 1. The smallest absolute Gasteiger partial charge is 0.0586 e. The Labute approximate surface area is 112 Å². The van der Waals surface area contributed by atoms with Gasteiger partial charge in [0.05, 0.1) is 6.61 Å². The number of aliphatic hydroxyl groups is 1. The highest BCUT2D eigenvalue weighted by Crippen LogP contribution is 2.28. The number of aliphatic hydroxyl groups excluding tert-OH is 1. The lowest BCUT2D eigenvalue weighted by Crippen LogP contribution is -2.48. The average molecular weight is 254 g/mol. The Morgan fingerprint density at radius 2 is 1.83 bits per heavy atom. The third-order valence-corrected chi connectivity index (χ3v) is 4.79. The first-order valence-corrected chi connectivity index (χ1v) is 7.95. The topological polar surface area (TPSA) is 35.5 Å². The van der Waals surface area contributed by atoms with Gasteiger partial charge in [-0.25, -0.2) is 0 Å². The first-order valence-electron chi connectivity index (χ1n) is 7.95. The van der Waals surface area contributed by atoms with Crippen molar-refractivity contribution in [2.75, 3.05) is 19.7 Å². The Kier molecular flexibility index (Phi) is 5.93. The summed E-state index contributed by atoms with van der Waals surface area (Å²) in [7, 11) is 0. The van der Waals surface area contributed by atoms with Crippen molar-refractivity contribution in [2.45, 2.75) is 76.4 Å². The molecule has 0 amide bonds. The summed E-state index contributed by atoms with van der Waals surface area (Å²) in [5.74, 6) is 0. The molecule has 1 saturated carbocycles. The summed E-state index contributed by atoms with van der Waals surface area (Å²) in [5, 5.41) is 13.2. The van der Waals surface area contributed by atoms with Crippen molar-refractivity contribution in [3.63, 3.8) is 0 Å². The minimum absolute atomic E-state index is 0.354. The van der Waals surface area contributed by atoms with E-state index in [0.717, 1.165) is 18.6 Å². The fourth-order valence-electron chi connectivity index (χ4n) is 3.78. The molecule has 1 heterocycles. The molecule has 0 aromatic heterocycles. The van der Waals surface area contributed by atoms with Gasteiger partial charge >= 0.3 is 0 Å². The SMILES string of the molecule is CCNC1CCC(N2CCCCCC2CO)CC1. The highest BCUT2D eigenvalue weighted by atomic mass is 16.3. The zero-order chi connectivity index (χ0) is 12.8. The Balaban J connectivity index is 1.86. The molecule has 3 nitrogen and oxygen atoms in total. The fourth-order valence-corrected chi connectivity index (χ4v) is 3.78. The number of hydrogen-bond acceptors (Lipinski definition) is 3. The molecule has 0 radical (unpaired) electrons. The van der Waals surface area contributed by atoms with Gasteiger partial charge in [-0.3, -0.25) is 4.90 Å². The second-order valence-corrected chi connectivity index (χ2v) is 5.99. The lowest BCUT2D eigenvalue weighted by Gasteiger charge is -2.40. The van der Waals surface area contributed by atoms with E-state index in [2.05, 4.69) is 17.1 Å². The molecule has 0 aromatic rings. The minimum atomic E-state index is 0.354. The first-order chi connectivity index (χ1) is 8.85. The van der Waals surface area contributed by atoms with Gasteiger partial charge in [0.15, 0.2) is 0 Å². The summed E-state index contributed by atoms with van der Waals surface area (Å²) < 4.78 is 0. The van der Waals surface area contributed by atoms with Gasteiger partial charge in [-0.2, -0.15) is 0 Å². The van der Waals surface area contributed by atoms with Crippen molar-refractivity contribution in [1.29, 1.82) is 0 Å². The van der Waals surface area contributed by atoms with E-state index < -0.39 is 0 Å². The summed E-state index contributed by atoms with van der Waals surface area (Å²) in [4.78, 5) is 2.63. The fraction of sp³-hybridized carbons (Fsp3) is 1.00. The normalized spacial score (nSPS) is 35.3. The van der Waals surface area contributed by atoms with Crippen molar-refractivity contribution in [1.82, 2.24) is 10.2 Å². The van der Waals surface area contributed by atoms with E-state index in [0.29, 0.717) is 12.6 Å². The van der Waals surface area contributed by atoms with Crippen molar-refractivity contribution in [3.8, 4) is 0 Å². The molecule has 1 saturated heterocycles. The van der Waals surface area contributed by atoms with Gasteiger partial charge in [0.1, 0.15) is 0 Å². The van der Waals surface area contributed by atoms with Crippen LogP contribution in [0.5, 0.6) is 0 Å². The predicted molar refractivity (Wildman–Crippen MR) is 75.8 cm³/mol. The van der Waals surface area contributed by atoms with Crippen LogP contribution >= 0.6 is 0 Å². The van der Waals surface area contributed by atoms with Crippen LogP contribution in [0.4, 0.5) is 0 Å². The number of nitrogens with zero attached hydrogens (tertiary/aromatic N) is 1. The summed E-state index contributed by atoms with van der Waals surface area (Å²) in [6, 6.07) is 1.91. The monoisotopic (exact) mass is 254 g/mol. The van der Waals surface area contributed by atoms with Crippen molar-refractivity contribution in [2.24, 2.45) is 0 Å². The zero-order valence-corrected chi connectivity index (χ0v) is 11.9.